The van der Waals surface area contributed by atoms with Gasteiger partial charge in [-0.25, -0.2) is 8.42 Å². The Hall–Kier alpha value is -2.99. The van der Waals surface area contributed by atoms with Crippen molar-refractivity contribution < 1.29 is 31.1 Å². The summed E-state index contributed by atoms with van der Waals surface area (Å²) in [6, 6.07) is 10.8. The number of benzene rings is 2. The van der Waals surface area contributed by atoms with Crippen LogP contribution in [0.25, 0.3) is 10.9 Å². The topological polar surface area (TPSA) is 91.8 Å². The van der Waals surface area contributed by atoms with Crippen LogP contribution in [0.5, 0.6) is 0 Å². The highest BCUT2D eigenvalue weighted by atomic mass is 32.2. The number of ether oxygens (including phenoxy) is 1. The van der Waals surface area contributed by atoms with Gasteiger partial charge in [0.05, 0.1) is 46.9 Å². The fourth-order valence-corrected chi connectivity index (χ4v) is 6.29. The van der Waals surface area contributed by atoms with Gasteiger partial charge < -0.3 is 9.72 Å². The largest absolute Gasteiger partial charge is 0.466 e. The van der Waals surface area contributed by atoms with Gasteiger partial charge in [0, 0.05) is 17.7 Å². The van der Waals surface area contributed by atoms with E-state index in [0.717, 1.165) is 22.5 Å². The highest BCUT2D eigenvalue weighted by molar-refractivity contribution is 8.15. The molecule has 1 aliphatic rings. The number of para-hydroxylation sites is 1. The van der Waals surface area contributed by atoms with Gasteiger partial charge in [0.25, 0.3) is 10.0 Å². The normalized spacial score (nSPS) is 16.4. The molecule has 0 bridgehead atoms. The van der Waals surface area contributed by atoms with Gasteiger partial charge in [-0.2, -0.15) is 13.2 Å². The Kier molecular flexibility index (Phi) is 6.87. The molecule has 3 aromatic rings. The van der Waals surface area contributed by atoms with Gasteiger partial charge >= 0.3 is 12.1 Å². The lowest BCUT2D eigenvalue weighted by Crippen LogP contribution is -2.29. The van der Waals surface area contributed by atoms with Crippen LogP contribution in [0.2, 0.25) is 0 Å². The number of nitrogens with one attached hydrogen (secondary N) is 1. The molecule has 1 aromatic heterocycles. The van der Waals surface area contributed by atoms with Gasteiger partial charge in [-0.1, -0.05) is 36.0 Å². The summed E-state index contributed by atoms with van der Waals surface area (Å²) in [7, 11) is -3.31. The van der Waals surface area contributed by atoms with Crippen molar-refractivity contribution in [2.45, 2.75) is 29.7 Å². The number of aliphatic imine (C=N–C) groups is 1. The Labute approximate surface area is 204 Å². The van der Waals surface area contributed by atoms with E-state index in [1.807, 2.05) is 0 Å². The standard InChI is InChI=1S/C23H22F3N3O4S2/c1-3-33-20(30)12-15-13-27-22(34-15)17-11-14-7-6-9-18(21(14)28-17)29(2)35(31,32)19-10-5-4-8-16(19)23(24,25)26/h4-11,15,28H,3,12-13H2,1-2H3. The molecule has 0 fully saturated rings. The van der Waals surface area contributed by atoms with Crippen molar-refractivity contribution in [3.63, 3.8) is 0 Å². The average molecular weight is 526 g/mol. The van der Waals surface area contributed by atoms with E-state index in [0.29, 0.717) is 34.8 Å². The second kappa shape index (κ2) is 9.57. The first-order valence-corrected chi connectivity index (χ1v) is 13.0. The molecule has 186 valence electrons. The molecule has 35 heavy (non-hydrogen) atoms. The number of sulfonamides is 1. The van der Waals surface area contributed by atoms with Gasteiger partial charge in [0.1, 0.15) is 5.04 Å². The lowest BCUT2D eigenvalue weighted by molar-refractivity contribution is -0.143. The van der Waals surface area contributed by atoms with Crippen molar-refractivity contribution in [2.24, 2.45) is 4.99 Å². The van der Waals surface area contributed by atoms with Crippen molar-refractivity contribution in [2.75, 3.05) is 24.5 Å². The molecular weight excluding hydrogens is 503 g/mol. The molecule has 0 spiro atoms. The van der Waals surface area contributed by atoms with Crippen LogP contribution in [-0.2, 0) is 25.7 Å². The summed E-state index contributed by atoms with van der Waals surface area (Å²) in [6.45, 7) is 2.48. The van der Waals surface area contributed by atoms with Crippen molar-refractivity contribution in [1.82, 2.24) is 4.98 Å². The number of hydrogen-bond acceptors (Lipinski definition) is 6. The minimum Gasteiger partial charge on any atom is -0.466 e. The molecular formula is C23H22F3N3O4S2. The van der Waals surface area contributed by atoms with Crippen molar-refractivity contribution in [3.05, 3.63) is 59.8 Å². The number of aromatic amines is 1. The molecule has 12 heteroatoms. The SMILES string of the molecule is CCOC(=O)CC1CN=C(c2cc3cccc(N(C)S(=O)(=O)c4ccccc4C(F)(F)F)c3[nH]2)S1. The molecule has 4 rings (SSSR count). The minimum atomic E-state index is -4.83. The van der Waals surface area contributed by atoms with Crippen LogP contribution < -0.4 is 4.31 Å². The quantitative estimate of drug-likeness (QED) is 0.447. The van der Waals surface area contributed by atoms with Crippen molar-refractivity contribution in [3.8, 4) is 0 Å². The third-order valence-corrected chi connectivity index (χ3v) is 8.50. The van der Waals surface area contributed by atoms with Crippen LogP contribution in [0.4, 0.5) is 18.9 Å². The Morgan fingerprint density at radius 3 is 2.69 bits per heavy atom. The van der Waals surface area contributed by atoms with E-state index in [4.69, 9.17) is 4.74 Å². The van der Waals surface area contributed by atoms with Crippen LogP contribution in [0.15, 0.2) is 58.4 Å². The van der Waals surface area contributed by atoms with Crippen molar-refractivity contribution >= 4 is 49.4 Å². The number of aromatic nitrogens is 1. The molecule has 1 unspecified atom stereocenters. The number of H-pyrrole nitrogens is 1. The molecule has 0 saturated heterocycles. The summed E-state index contributed by atoms with van der Waals surface area (Å²) in [6.07, 6.45) is -4.61. The van der Waals surface area contributed by atoms with Gasteiger partial charge in [-0.15, -0.1) is 0 Å². The molecule has 0 aliphatic carbocycles. The lowest BCUT2D eigenvalue weighted by Gasteiger charge is -2.22. The van der Waals surface area contributed by atoms with E-state index in [2.05, 4.69) is 9.98 Å². The number of carbonyl (C=O) groups excluding carboxylic acids is 1. The van der Waals surface area contributed by atoms with Crippen LogP contribution in [-0.4, -0.2) is 49.9 Å². The Balaban J connectivity index is 1.65. The van der Waals surface area contributed by atoms with E-state index < -0.39 is 26.7 Å². The number of anilines is 1. The zero-order chi connectivity index (χ0) is 25.4. The van der Waals surface area contributed by atoms with E-state index in [1.54, 1.807) is 25.1 Å². The summed E-state index contributed by atoms with van der Waals surface area (Å²) in [4.78, 5) is 18.6. The maximum absolute atomic E-state index is 13.5. The molecule has 2 heterocycles. The van der Waals surface area contributed by atoms with Crippen LogP contribution in [0.1, 0.15) is 24.6 Å². The third kappa shape index (κ3) is 5.03. The van der Waals surface area contributed by atoms with Crippen LogP contribution >= 0.6 is 11.8 Å². The molecule has 1 N–H and O–H groups in total. The smallest absolute Gasteiger partial charge is 0.417 e. The lowest BCUT2D eigenvalue weighted by atomic mass is 10.2. The van der Waals surface area contributed by atoms with E-state index in [1.165, 1.54) is 30.9 Å². The number of thioether (sulfide) groups is 1. The summed E-state index contributed by atoms with van der Waals surface area (Å²) in [5, 5.41) is 1.26. The summed E-state index contributed by atoms with van der Waals surface area (Å²) in [5.74, 6) is -0.300. The number of carbonyl (C=O) groups is 1. The first kappa shape index (κ1) is 25.1. The molecule has 0 radical (unpaired) electrons. The monoisotopic (exact) mass is 525 g/mol. The highest BCUT2D eigenvalue weighted by Crippen LogP contribution is 2.38. The highest BCUT2D eigenvalue weighted by Gasteiger charge is 2.38. The predicted octanol–water partition coefficient (Wildman–Crippen LogP) is 4.83. The summed E-state index contributed by atoms with van der Waals surface area (Å²) >= 11 is 1.42. The van der Waals surface area contributed by atoms with Crippen molar-refractivity contribution in [1.29, 1.82) is 0 Å². The zero-order valence-electron chi connectivity index (χ0n) is 18.8. The number of alkyl halides is 3. The van der Waals surface area contributed by atoms with E-state index >= 15 is 0 Å². The molecule has 1 aliphatic heterocycles. The van der Waals surface area contributed by atoms with Gasteiger partial charge in [-0.3, -0.25) is 14.1 Å². The second-order valence-electron chi connectivity index (χ2n) is 7.79. The number of esters is 1. The number of rotatable bonds is 7. The first-order valence-electron chi connectivity index (χ1n) is 10.7. The van der Waals surface area contributed by atoms with E-state index in [9.17, 15) is 26.4 Å². The maximum atomic E-state index is 13.5. The van der Waals surface area contributed by atoms with Gasteiger partial charge in [0.15, 0.2) is 0 Å². The zero-order valence-corrected chi connectivity index (χ0v) is 20.4. The number of fused-ring (bicyclic) bond motifs is 1. The van der Waals surface area contributed by atoms with E-state index in [-0.39, 0.29) is 23.3 Å². The first-order chi connectivity index (χ1) is 16.5. The Bertz CT molecular complexity index is 1400. The number of nitrogens with zero attached hydrogens (tertiary/aromatic N) is 2. The summed E-state index contributed by atoms with van der Waals surface area (Å²) < 4.78 is 72.8. The number of hydrogen-bond donors (Lipinski definition) is 1. The fourth-order valence-electron chi connectivity index (χ4n) is 3.80. The van der Waals surface area contributed by atoms with Crippen LogP contribution in [0.3, 0.4) is 0 Å². The molecule has 2 aromatic carbocycles. The fraction of sp³-hybridized carbons (Fsp3) is 0.304. The van der Waals surface area contributed by atoms with Crippen LogP contribution in [0, 0.1) is 0 Å². The molecule has 7 nitrogen and oxygen atoms in total. The maximum Gasteiger partial charge on any atom is 0.417 e. The van der Waals surface area contributed by atoms with Gasteiger partial charge in [-0.05, 0) is 31.2 Å². The Morgan fingerprint density at radius 2 is 1.97 bits per heavy atom. The third-order valence-electron chi connectivity index (χ3n) is 5.45. The average Bonchev–Trinajstić information content (AvgIpc) is 3.45. The number of halogens is 3. The molecule has 1 atom stereocenters. The predicted molar refractivity (Wildman–Crippen MR) is 129 cm³/mol. The summed E-state index contributed by atoms with van der Waals surface area (Å²) in [5.41, 5.74) is 0.0356. The Morgan fingerprint density at radius 1 is 1.23 bits per heavy atom. The second-order valence-corrected chi connectivity index (χ2v) is 11.0. The molecule has 0 amide bonds. The molecule has 0 saturated carbocycles. The van der Waals surface area contributed by atoms with Gasteiger partial charge in [0.2, 0.25) is 0 Å². The minimum absolute atomic E-state index is 0.0724.